The highest BCUT2D eigenvalue weighted by molar-refractivity contribution is 7.89. The fraction of sp³-hybridized carbons (Fsp3) is 0.421. The zero-order chi connectivity index (χ0) is 19.4. The first kappa shape index (κ1) is 20.0. The number of piperazine rings is 1. The Morgan fingerprint density at radius 3 is 2.48 bits per heavy atom. The van der Waals surface area contributed by atoms with Gasteiger partial charge in [0.25, 0.3) is 0 Å². The summed E-state index contributed by atoms with van der Waals surface area (Å²) in [6.45, 7) is 6.61. The van der Waals surface area contributed by atoms with Crippen LogP contribution in [0.4, 0.5) is 0 Å². The van der Waals surface area contributed by atoms with Crippen molar-refractivity contribution in [1.29, 1.82) is 0 Å². The van der Waals surface area contributed by atoms with E-state index >= 15 is 0 Å². The van der Waals surface area contributed by atoms with Crippen molar-refractivity contribution in [3.05, 3.63) is 51.7 Å². The zero-order valence-electron chi connectivity index (χ0n) is 15.6. The van der Waals surface area contributed by atoms with Gasteiger partial charge >= 0.3 is 0 Å². The third kappa shape index (κ3) is 4.95. The van der Waals surface area contributed by atoms with Crippen LogP contribution in [0.1, 0.15) is 16.0 Å². The maximum Gasteiger partial charge on any atom is 0.243 e. The molecule has 1 aromatic carbocycles. The summed E-state index contributed by atoms with van der Waals surface area (Å²) in [7, 11) is -3.49. The highest BCUT2D eigenvalue weighted by atomic mass is 32.2. The van der Waals surface area contributed by atoms with E-state index in [9.17, 15) is 13.2 Å². The number of carbonyl (C=O) groups is 1. The lowest BCUT2D eigenvalue weighted by atomic mass is 10.1. The maximum atomic E-state index is 12.8. The number of benzene rings is 1. The standard InChI is InChI=1S/C19H25N3O3S2/c1-15-5-6-18(12-16(15)2)27(24,25)22-9-7-21(8-10-22)14-19(23)20-13-17-4-3-11-26-17/h3-6,11-12H,7-10,13-14H2,1-2H3,(H,20,23). The summed E-state index contributed by atoms with van der Waals surface area (Å²) in [5.74, 6) is -0.0335. The van der Waals surface area contributed by atoms with Crippen molar-refractivity contribution in [2.75, 3.05) is 32.7 Å². The summed E-state index contributed by atoms with van der Waals surface area (Å²) >= 11 is 1.61. The van der Waals surface area contributed by atoms with Gasteiger partial charge in [0.05, 0.1) is 18.0 Å². The number of carbonyl (C=O) groups excluding carboxylic acids is 1. The van der Waals surface area contributed by atoms with Gasteiger partial charge in [0, 0.05) is 31.1 Å². The molecule has 0 saturated carbocycles. The first-order valence-electron chi connectivity index (χ1n) is 8.95. The SMILES string of the molecule is Cc1ccc(S(=O)(=O)N2CCN(CC(=O)NCc3cccs3)CC2)cc1C. The number of nitrogens with zero attached hydrogens (tertiary/aromatic N) is 2. The molecule has 0 bridgehead atoms. The van der Waals surface area contributed by atoms with Crippen LogP contribution >= 0.6 is 11.3 Å². The minimum absolute atomic E-state index is 0.0335. The van der Waals surface area contributed by atoms with Crippen LogP contribution in [0, 0.1) is 13.8 Å². The lowest BCUT2D eigenvalue weighted by Crippen LogP contribution is -2.50. The molecule has 0 aliphatic carbocycles. The molecule has 1 aliphatic rings. The van der Waals surface area contributed by atoms with Crippen molar-refractivity contribution in [3.63, 3.8) is 0 Å². The Morgan fingerprint density at radius 2 is 1.85 bits per heavy atom. The van der Waals surface area contributed by atoms with E-state index in [2.05, 4.69) is 5.32 Å². The molecular formula is C19H25N3O3S2. The molecule has 1 fully saturated rings. The van der Waals surface area contributed by atoms with Crippen molar-refractivity contribution < 1.29 is 13.2 Å². The summed E-state index contributed by atoms with van der Waals surface area (Å²) in [5, 5.41) is 4.89. The molecule has 1 N–H and O–H groups in total. The van der Waals surface area contributed by atoms with Crippen LogP contribution in [0.3, 0.4) is 0 Å². The lowest BCUT2D eigenvalue weighted by molar-refractivity contribution is -0.122. The Balaban J connectivity index is 1.51. The minimum atomic E-state index is -3.49. The molecule has 146 valence electrons. The van der Waals surface area contributed by atoms with Crippen molar-refractivity contribution in [1.82, 2.24) is 14.5 Å². The first-order valence-corrected chi connectivity index (χ1v) is 11.3. The fourth-order valence-electron chi connectivity index (χ4n) is 3.01. The molecule has 3 rings (SSSR count). The molecular weight excluding hydrogens is 382 g/mol. The molecule has 1 saturated heterocycles. The van der Waals surface area contributed by atoms with E-state index in [1.165, 1.54) is 4.31 Å². The molecule has 8 heteroatoms. The third-order valence-electron chi connectivity index (χ3n) is 4.85. The number of nitrogens with one attached hydrogen (secondary N) is 1. The second-order valence-electron chi connectivity index (χ2n) is 6.78. The Kier molecular flexibility index (Phi) is 6.31. The third-order valence-corrected chi connectivity index (χ3v) is 7.63. The van der Waals surface area contributed by atoms with Gasteiger partial charge in [0.1, 0.15) is 0 Å². The van der Waals surface area contributed by atoms with Crippen molar-refractivity contribution in [2.45, 2.75) is 25.3 Å². The van der Waals surface area contributed by atoms with Crippen molar-refractivity contribution in [3.8, 4) is 0 Å². The molecule has 1 aliphatic heterocycles. The Bertz CT molecular complexity index is 887. The van der Waals surface area contributed by atoms with Crippen molar-refractivity contribution >= 4 is 27.3 Å². The molecule has 6 nitrogen and oxygen atoms in total. The van der Waals surface area contributed by atoms with E-state index in [4.69, 9.17) is 0 Å². The smallest absolute Gasteiger partial charge is 0.243 e. The van der Waals surface area contributed by atoms with Gasteiger partial charge in [-0.2, -0.15) is 4.31 Å². The summed E-state index contributed by atoms with van der Waals surface area (Å²) in [5.41, 5.74) is 2.05. The van der Waals surface area contributed by atoms with Crippen LogP contribution in [0.2, 0.25) is 0 Å². The van der Waals surface area contributed by atoms with E-state index in [1.54, 1.807) is 23.5 Å². The van der Waals surface area contributed by atoms with Crippen LogP contribution in [0.25, 0.3) is 0 Å². The predicted molar refractivity (Wildman–Crippen MR) is 107 cm³/mol. The number of hydrogen-bond donors (Lipinski definition) is 1. The number of thiophene rings is 1. The lowest BCUT2D eigenvalue weighted by Gasteiger charge is -2.33. The highest BCUT2D eigenvalue weighted by Crippen LogP contribution is 2.20. The largest absolute Gasteiger partial charge is 0.350 e. The topological polar surface area (TPSA) is 69.7 Å². The van der Waals surface area contributed by atoms with Crippen molar-refractivity contribution in [2.24, 2.45) is 0 Å². The van der Waals surface area contributed by atoms with E-state index in [1.807, 2.05) is 42.3 Å². The molecule has 2 aromatic rings. The minimum Gasteiger partial charge on any atom is -0.350 e. The second kappa shape index (κ2) is 8.52. The Morgan fingerprint density at radius 1 is 1.11 bits per heavy atom. The van der Waals surface area contributed by atoms with Gasteiger partial charge in [-0.05, 0) is 48.6 Å². The monoisotopic (exact) mass is 407 g/mol. The van der Waals surface area contributed by atoms with Gasteiger partial charge in [-0.3, -0.25) is 9.69 Å². The fourth-order valence-corrected chi connectivity index (χ4v) is 5.16. The summed E-state index contributed by atoms with van der Waals surface area (Å²) in [6.07, 6.45) is 0. The molecule has 0 spiro atoms. The summed E-state index contributed by atoms with van der Waals surface area (Å²) in [6, 6.07) is 9.19. The number of aryl methyl sites for hydroxylation is 2. The van der Waals surface area contributed by atoms with Crippen LogP contribution < -0.4 is 5.32 Å². The highest BCUT2D eigenvalue weighted by Gasteiger charge is 2.29. The van der Waals surface area contributed by atoms with Gasteiger partial charge in [0.2, 0.25) is 15.9 Å². The van der Waals surface area contributed by atoms with Gasteiger partial charge in [0.15, 0.2) is 0 Å². The number of rotatable bonds is 6. The van der Waals surface area contributed by atoms with E-state index in [0.717, 1.165) is 16.0 Å². The van der Waals surface area contributed by atoms with Crippen LogP contribution in [0.15, 0.2) is 40.6 Å². The Labute approximate surface area is 164 Å². The maximum absolute atomic E-state index is 12.8. The van der Waals surface area contributed by atoms with Gasteiger partial charge < -0.3 is 5.32 Å². The summed E-state index contributed by atoms with van der Waals surface area (Å²) < 4.78 is 27.2. The van der Waals surface area contributed by atoms with E-state index < -0.39 is 10.0 Å². The van der Waals surface area contributed by atoms with Crippen LogP contribution in [-0.4, -0.2) is 56.3 Å². The summed E-state index contributed by atoms with van der Waals surface area (Å²) in [4.78, 5) is 15.6. The Hall–Kier alpha value is -1.74. The number of hydrogen-bond acceptors (Lipinski definition) is 5. The van der Waals surface area contributed by atoms with Crippen LogP contribution in [0.5, 0.6) is 0 Å². The molecule has 27 heavy (non-hydrogen) atoms. The molecule has 2 heterocycles. The second-order valence-corrected chi connectivity index (χ2v) is 9.75. The average Bonchev–Trinajstić information content (AvgIpc) is 3.16. The van der Waals surface area contributed by atoms with Gasteiger partial charge in [-0.25, -0.2) is 8.42 Å². The number of sulfonamides is 1. The molecule has 0 unspecified atom stereocenters. The molecule has 1 aromatic heterocycles. The number of amides is 1. The molecule has 0 atom stereocenters. The quantitative estimate of drug-likeness (QED) is 0.795. The normalized spacial score (nSPS) is 16.4. The average molecular weight is 408 g/mol. The molecule has 0 radical (unpaired) electrons. The first-order chi connectivity index (χ1) is 12.9. The zero-order valence-corrected chi connectivity index (χ0v) is 17.3. The predicted octanol–water partition coefficient (Wildman–Crippen LogP) is 1.99. The molecule has 1 amide bonds. The van der Waals surface area contributed by atoms with Crippen LogP contribution in [-0.2, 0) is 21.4 Å². The van der Waals surface area contributed by atoms with E-state index in [-0.39, 0.29) is 5.91 Å². The van der Waals surface area contributed by atoms with Gasteiger partial charge in [-0.15, -0.1) is 11.3 Å². The van der Waals surface area contributed by atoms with Gasteiger partial charge in [-0.1, -0.05) is 12.1 Å². The van der Waals surface area contributed by atoms with E-state index in [0.29, 0.717) is 44.2 Å².